The van der Waals surface area contributed by atoms with Crippen molar-refractivity contribution in [1.82, 2.24) is 0 Å². The number of hydrogen-bond acceptors (Lipinski definition) is 2. The normalized spacial score (nSPS) is 12.6. The van der Waals surface area contributed by atoms with Crippen LogP contribution in [0, 0.1) is 0 Å². The van der Waals surface area contributed by atoms with E-state index in [-0.39, 0.29) is 11.6 Å². The fourth-order valence-corrected chi connectivity index (χ4v) is 0.995. The Hall–Kier alpha value is -0.370. The van der Waals surface area contributed by atoms with Crippen LogP contribution in [0.3, 0.4) is 0 Å². The van der Waals surface area contributed by atoms with Crippen molar-refractivity contribution in [2.75, 3.05) is 0 Å². The SMILES string of the molecule is CCCC(=O)C(Cl)C(=O)CC. The van der Waals surface area contributed by atoms with E-state index in [0.29, 0.717) is 12.8 Å². The number of carbonyl (C=O) groups is 2. The van der Waals surface area contributed by atoms with E-state index in [2.05, 4.69) is 0 Å². The highest BCUT2D eigenvalue weighted by molar-refractivity contribution is 6.42. The zero-order chi connectivity index (χ0) is 8.85. The Kier molecular flexibility index (Phi) is 5.12. The van der Waals surface area contributed by atoms with Crippen LogP contribution in [0.4, 0.5) is 0 Å². The lowest BCUT2D eigenvalue weighted by Gasteiger charge is -2.03. The molecule has 0 aromatic heterocycles. The Labute approximate surface area is 71.9 Å². The second-order valence-corrected chi connectivity index (χ2v) is 2.84. The number of ketones is 2. The second-order valence-electron chi connectivity index (χ2n) is 2.40. The van der Waals surface area contributed by atoms with E-state index in [0.717, 1.165) is 6.42 Å². The summed E-state index contributed by atoms with van der Waals surface area (Å²) in [6.07, 6.45) is 1.49. The molecular weight excluding hydrogens is 164 g/mol. The molecule has 0 heterocycles. The van der Waals surface area contributed by atoms with Crippen LogP contribution in [-0.4, -0.2) is 16.9 Å². The van der Waals surface area contributed by atoms with Gasteiger partial charge in [0.1, 0.15) is 0 Å². The van der Waals surface area contributed by atoms with Crippen molar-refractivity contribution in [2.24, 2.45) is 0 Å². The lowest BCUT2D eigenvalue weighted by atomic mass is 10.1. The van der Waals surface area contributed by atoms with Gasteiger partial charge in [-0.15, -0.1) is 11.6 Å². The lowest BCUT2D eigenvalue weighted by molar-refractivity contribution is -0.126. The number of carbonyl (C=O) groups excluding carboxylic acids is 2. The van der Waals surface area contributed by atoms with Crippen molar-refractivity contribution in [1.29, 1.82) is 0 Å². The second kappa shape index (κ2) is 5.30. The summed E-state index contributed by atoms with van der Waals surface area (Å²) in [7, 11) is 0. The predicted molar refractivity (Wildman–Crippen MR) is 44.9 cm³/mol. The molecule has 0 N–H and O–H groups in total. The molecule has 0 aliphatic heterocycles. The van der Waals surface area contributed by atoms with E-state index in [4.69, 9.17) is 11.6 Å². The Balaban J connectivity index is 3.91. The van der Waals surface area contributed by atoms with E-state index in [1.165, 1.54) is 0 Å². The third-order valence-electron chi connectivity index (χ3n) is 1.41. The molecule has 0 bridgehead atoms. The monoisotopic (exact) mass is 176 g/mol. The van der Waals surface area contributed by atoms with Crippen molar-refractivity contribution in [3.8, 4) is 0 Å². The lowest BCUT2D eigenvalue weighted by Crippen LogP contribution is -2.23. The highest BCUT2D eigenvalue weighted by Crippen LogP contribution is 2.06. The van der Waals surface area contributed by atoms with Gasteiger partial charge in [0.25, 0.3) is 0 Å². The molecule has 0 saturated carbocycles. The maximum Gasteiger partial charge on any atom is 0.158 e. The van der Waals surface area contributed by atoms with Crippen molar-refractivity contribution < 1.29 is 9.59 Å². The van der Waals surface area contributed by atoms with Gasteiger partial charge < -0.3 is 0 Å². The quantitative estimate of drug-likeness (QED) is 0.474. The van der Waals surface area contributed by atoms with Crippen LogP contribution in [0.1, 0.15) is 33.1 Å². The number of rotatable bonds is 5. The Morgan fingerprint density at radius 2 is 1.82 bits per heavy atom. The highest BCUT2D eigenvalue weighted by Gasteiger charge is 2.20. The first kappa shape index (κ1) is 10.6. The molecule has 0 aliphatic rings. The summed E-state index contributed by atoms with van der Waals surface area (Å²) < 4.78 is 0. The predicted octanol–water partition coefficient (Wildman–Crippen LogP) is 1.94. The first-order valence-corrected chi connectivity index (χ1v) is 4.26. The van der Waals surface area contributed by atoms with Gasteiger partial charge in [-0.25, -0.2) is 0 Å². The van der Waals surface area contributed by atoms with Gasteiger partial charge in [-0.3, -0.25) is 9.59 Å². The van der Waals surface area contributed by atoms with Crippen molar-refractivity contribution in [3.05, 3.63) is 0 Å². The van der Waals surface area contributed by atoms with Gasteiger partial charge in [0.2, 0.25) is 0 Å². The summed E-state index contributed by atoms with van der Waals surface area (Å²) in [5.74, 6) is -0.328. The zero-order valence-electron chi connectivity index (χ0n) is 6.89. The molecule has 0 saturated heterocycles. The molecule has 64 valence electrons. The van der Waals surface area contributed by atoms with Gasteiger partial charge >= 0.3 is 0 Å². The van der Waals surface area contributed by atoms with Gasteiger partial charge in [-0.2, -0.15) is 0 Å². The topological polar surface area (TPSA) is 34.1 Å². The van der Waals surface area contributed by atoms with Crippen LogP contribution in [0.2, 0.25) is 0 Å². The van der Waals surface area contributed by atoms with Crippen LogP contribution in [-0.2, 0) is 9.59 Å². The number of Topliss-reactive ketones (excluding diaryl/α,β-unsaturated/α-hetero) is 2. The average molecular weight is 177 g/mol. The third kappa shape index (κ3) is 3.51. The van der Waals surface area contributed by atoms with Gasteiger partial charge in [-0.1, -0.05) is 13.8 Å². The van der Waals surface area contributed by atoms with Crippen LogP contribution in [0.25, 0.3) is 0 Å². The number of alkyl halides is 1. The smallest absolute Gasteiger partial charge is 0.158 e. The Morgan fingerprint density at radius 3 is 2.18 bits per heavy atom. The van der Waals surface area contributed by atoms with Gasteiger partial charge in [-0.05, 0) is 6.42 Å². The van der Waals surface area contributed by atoms with E-state index >= 15 is 0 Å². The molecule has 11 heavy (non-hydrogen) atoms. The van der Waals surface area contributed by atoms with E-state index in [1.807, 2.05) is 6.92 Å². The van der Waals surface area contributed by atoms with Gasteiger partial charge in [0, 0.05) is 12.8 Å². The molecule has 0 aromatic rings. The molecule has 0 amide bonds. The summed E-state index contributed by atoms with van der Waals surface area (Å²) in [5, 5.41) is -0.903. The Morgan fingerprint density at radius 1 is 1.27 bits per heavy atom. The van der Waals surface area contributed by atoms with Crippen molar-refractivity contribution in [2.45, 2.75) is 38.5 Å². The zero-order valence-corrected chi connectivity index (χ0v) is 7.65. The molecule has 0 rings (SSSR count). The number of halogens is 1. The molecule has 0 aliphatic carbocycles. The first-order valence-electron chi connectivity index (χ1n) is 3.83. The van der Waals surface area contributed by atoms with Gasteiger partial charge in [0.15, 0.2) is 16.9 Å². The fourth-order valence-electron chi connectivity index (χ4n) is 0.732. The molecule has 3 heteroatoms. The molecule has 0 aromatic carbocycles. The molecule has 1 atom stereocenters. The van der Waals surface area contributed by atoms with Crippen LogP contribution < -0.4 is 0 Å². The fraction of sp³-hybridized carbons (Fsp3) is 0.750. The molecule has 0 fully saturated rings. The summed E-state index contributed by atoms with van der Waals surface area (Å²) in [6.45, 7) is 3.59. The minimum atomic E-state index is -0.903. The summed E-state index contributed by atoms with van der Waals surface area (Å²) >= 11 is 5.56. The maximum absolute atomic E-state index is 11.0. The van der Waals surface area contributed by atoms with Crippen molar-refractivity contribution in [3.63, 3.8) is 0 Å². The molecule has 2 nitrogen and oxygen atoms in total. The largest absolute Gasteiger partial charge is 0.298 e. The van der Waals surface area contributed by atoms with Crippen LogP contribution in [0.5, 0.6) is 0 Å². The highest BCUT2D eigenvalue weighted by atomic mass is 35.5. The molecule has 0 radical (unpaired) electrons. The maximum atomic E-state index is 11.0. The van der Waals surface area contributed by atoms with E-state index < -0.39 is 5.38 Å². The van der Waals surface area contributed by atoms with E-state index in [9.17, 15) is 9.59 Å². The third-order valence-corrected chi connectivity index (χ3v) is 1.90. The Bertz CT molecular complexity index is 154. The summed E-state index contributed by atoms with van der Waals surface area (Å²) in [4.78, 5) is 21.9. The van der Waals surface area contributed by atoms with Crippen LogP contribution >= 0.6 is 11.6 Å². The molecular formula is C8H13ClO2. The minimum absolute atomic E-state index is 0.152. The standard InChI is InChI=1S/C8H13ClO2/c1-3-5-7(11)8(9)6(10)4-2/h8H,3-5H2,1-2H3. The minimum Gasteiger partial charge on any atom is -0.298 e. The van der Waals surface area contributed by atoms with Gasteiger partial charge in [0.05, 0.1) is 0 Å². The first-order chi connectivity index (χ1) is 5.13. The van der Waals surface area contributed by atoms with Crippen LogP contribution in [0.15, 0.2) is 0 Å². The van der Waals surface area contributed by atoms with E-state index in [1.54, 1.807) is 6.92 Å². The summed E-state index contributed by atoms with van der Waals surface area (Å²) in [5.41, 5.74) is 0. The summed E-state index contributed by atoms with van der Waals surface area (Å²) in [6, 6.07) is 0. The molecule has 0 spiro atoms. The average Bonchev–Trinajstić information content (AvgIpc) is 2.02. The van der Waals surface area contributed by atoms with Crippen molar-refractivity contribution >= 4 is 23.2 Å². The molecule has 1 unspecified atom stereocenters. The number of hydrogen-bond donors (Lipinski definition) is 0.